The van der Waals surface area contributed by atoms with Crippen molar-refractivity contribution in [1.29, 1.82) is 0 Å². The zero-order chi connectivity index (χ0) is 9.38. The highest BCUT2D eigenvalue weighted by Crippen LogP contribution is 2.51. The zero-order valence-corrected chi connectivity index (χ0v) is 9.38. The topological polar surface area (TPSA) is 0 Å². The van der Waals surface area contributed by atoms with Crippen molar-refractivity contribution < 1.29 is 0 Å². The Labute approximate surface area is 118 Å². The molecule has 4 unspecified atom stereocenters. The SMILES string of the molecule is C.C.C.C.C1CCC2C(C1)CCC1CCCCC12. The summed E-state index contributed by atoms with van der Waals surface area (Å²) in [7, 11) is 0. The highest BCUT2D eigenvalue weighted by atomic mass is 14.5. The largest absolute Gasteiger partial charge is 0.0776 e. The van der Waals surface area contributed by atoms with Crippen LogP contribution in [0.15, 0.2) is 0 Å². The predicted molar refractivity (Wildman–Crippen MR) is 87.1 cm³/mol. The molecule has 4 atom stereocenters. The molecule has 0 aromatic rings. The molecule has 3 rings (SSSR count). The summed E-state index contributed by atoms with van der Waals surface area (Å²) in [4.78, 5) is 0. The lowest BCUT2D eigenvalue weighted by Gasteiger charge is -2.48. The summed E-state index contributed by atoms with van der Waals surface area (Å²) >= 11 is 0. The fraction of sp³-hybridized carbons (Fsp3) is 1.00. The van der Waals surface area contributed by atoms with Crippen molar-refractivity contribution >= 4 is 0 Å². The minimum Gasteiger partial charge on any atom is -0.0776 e. The number of rotatable bonds is 0. The Balaban J connectivity index is 0. The maximum atomic E-state index is 1.59. The molecule has 0 aromatic carbocycles. The molecule has 0 spiro atoms. The molecule has 0 radical (unpaired) electrons. The van der Waals surface area contributed by atoms with Crippen molar-refractivity contribution in [3.8, 4) is 0 Å². The van der Waals surface area contributed by atoms with E-state index >= 15 is 0 Å². The van der Waals surface area contributed by atoms with Gasteiger partial charge in [-0.15, -0.1) is 0 Å². The van der Waals surface area contributed by atoms with Crippen LogP contribution in [0.25, 0.3) is 0 Å². The highest BCUT2D eigenvalue weighted by Gasteiger charge is 2.40. The molecule has 3 aliphatic carbocycles. The van der Waals surface area contributed by atoms with Gasteiger partial charge in [-0.25, -0.2) is 0 Å². The van der Waals surface area contributed by atoms with E-state index in [1.54, 1.807) is 64.2 Å². The molecule has 0 amide bonds. The second-order valence-corrected chi connectivity index (χ2v) is 5.99. The maximum absolute atomic E-state index is 1.59. The van der Waals surface area contributed by atoms with Gasteiger partial charge in [-0.2, -0.15) is 0 Å². The molecule has 0 N–H and O–H groups in total. The van der Waals surface area contributed by atoms with Crippen molar-refractivity contribution in [3.05, 3.63) is 0 Å². The fourth-order valence-electron chi connectivity index (χ4n) is 4.74. The maximum Gasteiger partial charge on any atom is -0.0355 e. The van der Waals surface area contributed by atoms with Crippen molar-refractivity contribution in [1.82, 2.24) is 0 Å². The molecule has 18 heavy (non-hydrogen) atoms. The van der Waals surface area contributed by atoms with Crippen LogP contribution in [0.4, 0.5) is 0 Å². The van der Waals surface area contributed by atoms with Gasteiger partial charge in [-0.1, -0.05) is 68.2 Å². The third-order valence-electron chi connectivity index (χ3n) is 5.39. The third kappa shape index (κ3) is 3.75. The minimum atomic E-state index is 0. The summed E-state index contributed by atoms with van der Waals surface area (Å²) in [5.74, 6) is 4.65. The Kier molecular flexibility index (Phi) is 10.2. The van der Waals surface area contributed by atoms with Gasteiger partial charge in [-0.3, -0.25) is 0 Å². The van der Waals surface area contributed by atoms with E-state index in [-0.39, 0.29) is 29.7 Å². The van der Waals surface area contributed by atoms with Crippen LogP contribution >= 0.6 is 0 Å². The molecule has 0 aliphatic heterocycles. The van der Waals surface area contributed by atoms with Crippen LogP contribution in [-0.2, 0) is 0 Å². The quantitative estimate of drug-likeness (QED) is 0.440. The Morgan fingerprint density at radius 3 is 1.11 bits per heavy atom. The standard InChI is InChI=1S/C14H24.4CH4/c1-3-7-13-11(5-1)9-10-12-6-2-4-8-14(12)13;;;;/h11-14H,1-10H2;4*1H4. The molecule has 0 heterocycles. The minimum absolute atomic E-state index is 0. The monoisotopic (exact) mass is 256 g/mol. The van der Waals surface area contributed by atoms with Crippen LogP contribution in [0, 0.1) is 23.7 Å². The lowest BCUT2D eigenvalue weighted by molar-refractivity contribution is 0.0278. The zero-order valence-electron chi connectivity index (χ0n) is 9.38. The van der Waals surface area contributed by atoms with Crippen molar-refractivity contribution in [2.24, 2.45) is 23.7 Å². The summed E-state index contributed by atoms with van der Waals surface area (Å²) in [6, 6.07) is 0. The van der Waals surface area contributed by atoms with E-state index in [0.29, 0.717) is 0 Å². The third-order valence-corrected chi connectivity index (χ3v) is 5.39. The van der Waals surface area contributed by atoms with Crippen LogP contribution in [0.5, 0.6) is 0 Å². The fourth-order valence-corrected chi connectivity index (χ4v) is 4.74. The molecule has 0 heteroatoms. The van der Waals surface area contributed by atoms with E-state index in [0.717, 1.165) is 11.8 Å². The van der Waals surface area contributed by atoms with Crippen LogP contribution in [0.1, 0.15) is 93.9 Å². The summed E-state index contributed by atoms with van der Waals surface area (Å²) < 4.78 is 0. The molecule has 0 aromatic heterocycles. The molecule has 0 bridgehead atoms. The van der Waals surface area contributed by atoms with E-state index in [2.05, 4.69) is 0 Å². The Hall–Kier alpha value is 0. The first kappa shape index (κ1) is 20.3. The Morgan fingerprint density at radius 2 is 0.722 bits per heavy atom. The second kappa shape index (κ2) is 8.99. The van der Waals surface area contributed by atoms with Gasteiger partial charge in [0.05, 0.1) is 0 Å². The Morgan fingerprint density at radius 1 is 0.389 bits per heavy atom. The van der Waals surface area contributed by atoms with Gasteiger partial charge >= 0.3 is 0 Å². The van der Waals surface area contributed by atoms with Crippen LogP contribution < -0.4 is 0 Å². The van der Waals surface area contributed by atoms with Gasteiger partial charge in [0.1, 0.15) is 0 Å². The van der Waals surface area contributed by atoms with E-state index in [9.17, 15) is 0 Å². The normalized spacial score (nSPS) is 37.3. The number of hydrogen-bond donors (Lipinski definition) is 0. The first-order valence-corrected chi connectivity index (χ1v) is 6.95. The lowest BCUT2D eigenvalue weighted by Crippen LogP contribution is -2.38. The van der Waals surface area contributed by atoms with E-state index in [4.69, 9.17) is 0 Å². The van der Waals surface area contributed by atoms with Gasteiger partial charge in [0.15, 0.2) is 0 Å². The average Bonchev–Trinajstić information content (AvgIpc) is 2.29. The van der Waals surface area contributed by atoms with Gasteiger partial charge in [0, 0.05) is 0 Å². The van der Waals surface area contributed by atoms with Crippen LogP contribution in [0.3, 0.4) is 0 Å². The van der Waals surface area contributed by atoms with Crippen molar-refractivity contribution in [3.63, 3.8) is 0 Å². The molecule has 3 saturated carbocycles. The summed E-state index contributed by atoms with van der Waals surface area (Å²) in [6.45, 7) is 0. The molecule has 3 aliphatic rings. The predicted octanol–water partition coefficient (Wildman–Crippen LogP) is 6.94. The van der Waals surface area contributed by atoms with Crippen molar-refractivity contribution in [2.45, 2.75) is 93.9 Å². The smallest absolute Gasteiger partial charge is 0.0355 e. The summed E-state index contributed by atoms with van der Waals surface area (Å²) in [6.07, 6.45) is 15.7. The van der Waals surface area contributed by atoms with Gasteiger partial charge in [-0.05, 0) is 49.4 Å². The molecular weight excluding hydrogens is 216 g/mol. The van der Waals surface area contributed by atoms with E-state index < -0.39 is 0 Å². The van der Waals surface area contributed by atoms with E-state index in [1.165, 1.54) is 11.8 Å². The Bertz CT molecular complexity index is 174. The second-order valence-electron chi connectivity index (χ2n) is 5.99. The molecule has 0 saturated heterocycles. The highest BCUT2D eigenvalue weighted by molar-refractivity contribution is 4.91. The first-order chi connectivity index (χ1) is 6.95. The van der Waals surface area contributed by atoms with Crippen molar-refractivity contribution in [2.75, 3.05) is 0 Å². The summed E-state index contributed by atoms with van der Waals surface area (Å²) in [5.41, 5.74) is 0. The van der Waals surface area contributed by atoms with Gasteiger partial charge < -0.3 is 0 Å². The van der Waals surface area contributed by atoms with E-state index in [1.807, 2.05) is 0 Å². The van der Waals surface area contributed by atoms with Gasteiger partial charge in [0.2, 0.25) is 0 Å². The molecule has 0 nitrogen and oxygen atoms in total. The first-order valence-electron chi connectivity index (χ1n) is 6.95. The summed E-state index contributed by atoms with van der Waals surface area (Å²) in [5, 5.41) is 0. The average molecular weight is 257 g/mol. The molecule has 3 fully saturated rings. The molecule has 112 valence electrons. The number of hydrogen-bond acceptors (Lipinski definition) is 0. The molecular formula is C18H40. The number of fused-ring (bicyclic) bond motifs is 3. The lowest BCUT2D eigenvalue weighted by atomic mass is 9.58. The van der Waals surface area contributed by atoms with Crippen LogP contribution in [0.2, 0.25) is 0 Å². The van der Waals surface area contributed by atoms with Gasteiger partial charge in [0.25, 0.3) is 0 Å². The van der Waals surface area contributed by atoms with Crippen LogP contribution in [-0.4, -0.2) is 0 Å².